The van der Waals surface area contributed by atoms with Crippen molar-refractivity contribution in [1.82, 2.24) is 14.5 Å². The number of piperazine rings is 1. The Morgan fingerprint density at radius 2 is 2.12 bits per heavy atom. The van der Waals surface area contributed by atoms with Gasteiger partial charge in [0.1, 0.15) is 0 Å². The molecule has 0 bridgehead atoms. The van der Waals surface area contributed by atoms with Gasteiger partial charge in [-0.2, -0.15) is 0 Å². The second-order valence-corrected chi connectivity index (χ2v) is 9.32. The molecule has 2 saturated heterocycles. The van der Waals surface area contributed by atoms with Gasteiger partial charge in [0.05, 0.1) is 6.26 Å². The smallest absolute Gasteiger partial charge is 0.211 e. The molecule has 2 fully saturated rings. The molecule has 2 atom stereocenters. The fraction of sp³-hybridized carbons (Fsp3) is 0.647. The molecule has 0 aliphatic carbocycles. The highest BCUT2D eigenvalue weighted by molar-refractivity contribution is 7.88. The van der Waals surface area contributed by atoms with Gasteiger partial charge in [-0.05, 0) is 36.5 Å². The molecule has 0 radical (unpaired) electrons. The topological polar surface area (TPSA) is 52.7 Å². The minimum absolute atomic E-state index is 0. The Morgan fingerprint density at radius 3 is 2.84 bits per heavy atom. The monoisotopic (exact) mass is 407 g/mol. The highest BCUT2D eigenvalue weighted by atomic mass is 35.5. The number of hydrogen-bond donors (Lipinski definition) is 1. The van der Waals surface area contributed by atoms with E-state index in [1.807, 2.05) is 18.2 Å². The predicted molar refractivity (Wildman–Crippen MR) is 105 cm³/mol. The highest BCUT2D eigenvalue weighted by Gasteiger charge is 2.30. The average Bonchev–Trinajstić information content (AvgIpc) is 2.55. The number of sulfonamides is 1. The van der Waals surface area contributed by atoms with Gasteiger partial charge in [-0.15, -0.1) is 12.4 Å². The van der Waals surface area contributed by atoms with Crippen LogP contribution in [-0.4, -0.2) is 63.1 Å². The number of nitrogens with one attached hydrogen (secondary N) is 1. The zero-order valence-corrected chi connectivity index (χ0v) is 16.9. The number of benzene rings is 1. The molecular formula is C17H27Cl2N3O2S. The zero-order chi connectivity index (χ0) is 17.2. The molecule has 1 N–H and O–H groups in total. The van der Waals surface area contributed by atoms with E-state index in [-0.39, 0.29) is 12.4 Å². The maximum absolute atomic E-state index is 11.8. The van der Waals surface area contributed by atoms with Crippen LogP contribution in [0.5, 0.6) is 0 Å². The van der Waals surface area contributed by atoms with E-state index in [1.54, 1.807) is 4.31 Å². The van der Waals surface area contributed by atoms with Crippen molar-refractivity contribution < 1.29 is 8.42 Å². The van der Waals surface area contributed by atoms with Crippen LogP contribution in [0.25, 0.3) is 0 Å². The van der Waals surface area contributed by atoms with Crippen LogP contribution in [0.1, 0.15) is 24.4 Å². The second-order valence-electron chi connectivity index (χ2n) is 6.90. The van der Waals surface area contributed by atoms with Crippen LogP contribution >= 0.6 is 24.0 Å². The largest absolute Gasteiger partial charge is 0.314 e. The second kappa shape index (κ2) is 9.02. The molecule has 2 aliphatic heterocycles. The molecule has 0 spiro atoms. The average molecular weight is 408 g/mol. The Balaban J connectivity index is 0.00000225. The van der Waals surface area contributed by atoms with Gasteiger partial charge < -0.3 is 5.32 Å². The molecule has 8 heteroatoms. The molecule has 5 nitrogen and oxygen atoms in total. The lowest BCUT2D eigenvalue weighted by Crippen LogP contribution is -2.50. The summed E-state index contributed by atoms with van der Waals surface area (Å²) >= 11 is 6.16. The van der Waals surface area contributed by atoms with Crippen LogP contribution in [-0.2, 0) is 10.0 Å². The maximum atomic E-state index is 11.8. The first-order valence-corrected chi connectivity index (χ1v) is 10.8. The van der Waals surface area contributed by atoms with E-state index in [0.29, 0.717) is 25.0 Å². The number of hydrogen-bond acceptors (Lipinski definition) is 4. The van der Waals surface area contributed by atoms with Gasteiger partial charge in [-0.25, -0.2) is 12.7 Å². The predicted octanol–water partition coefficient (Wildman–Crippen LogP) is 2.38. The molecule has 25 heavy (non-hydrogen) atoms. The summed E-state index contributed by atoms with van der Waals surface area (Å²) in [6.45, 7) is 5.10. The third kappa shape index (κ3) is 5.55. The lowest BCUT2D eigenvalue weighted by molar-refractivity contribution is 0.115. The Kier molecular flexibility index (Phi) is 7.55. The van der Waals surface area contributed by atoms with Crippen LogP contribution in [0, 0.1) is 5.92 Å². The Hall–Kier alpha value is -0.370. The zero-order valence-electron chi connectivity index (χ0n) is 14.5. The lowest BCUT2D eigenvalue weighted by atomic mass is 9.96. The fourth-order valence-corrected chi connectivity index (χ4v) is 4.96. The first-order valence-electron chi connectivity index (χ1n) is 8.59. The van der Waals surface area contributed by atoms with Gasteiger partial charge in [0, 0.05) is 50.3 Å². The van der Waals surface area contributed by atoms with E-state index < -0.39 is 10.0 Å². The van der Waals surface area contributed by atoms with Gasteiger partial charge >= 0.3 is 0 Å². The standard InChI is InChI=1S/C17H26ClN3O2S.ClH/c1-24(22,23)21-8-3-4-14(13-21)12-20-9-7-19-11-17(20)15-5-2-6-16(18)10-15;/h2,5-6,10,14,17,19H,3-4,7-9,11-13H2,1H3;1H. The van der Waals surface area contributed by atoms with Crippen molar-refractivity contribution in [3.63, 3.8) is 0 Å². The number of halogens is 2. The maximum Gasteiger partial charge on any atom is 0.211 e. The molecule has 0 amide bonds. The van der Waals surface area contributed by atoms with Crippen molar-refractivity contribution in [2.24, 2.45) is 5.92 Å². The summed E-state index contributed by atoms with van der Waals surface area (Å²) in [6, 6.07) is 8.36. The Labute approximate surface area is 162 Å². The number of rotatable bonds is 4. The summed E-state index contributed by atoms with van der Waals surface area (Å²) in [5.74, 6) is 0.397. The molecule has 3 rings (SSSR count). The quantitative estimate of drug-likeness (QED) is 0.831. The van der Waals surface area contributed by atoms with Crippen molar-refractivity contribution >= 4 is 34.0 Å². The Morgan fingerprint density at radius 1 is 1.32 bits per heavy atom. The molecule has 0 aromatic heterocycles. The third-order valence-electron chi connectivity index (χ3n) is 5.03. The highest BCUT2D eigenvalue weighted by Crippen LogP contribution is 2.28. The van der Waals surface area contributed by atoms with Crippen LogP contribution in [0.2, 0.25) is 5.02 Å². The van der Waals surface area contributed by atoms with Crippen molar-refractivity contribution in [2.45, 2.75) is 18.9 Å². The summed E-state index contributed by atoms with van der Waals surface area (Å²) in [7, 11) is -3.09. The van der Waals surface area contributed by atoms with Crippen molar-refractivity contribution in [1.29, 1.82) is 0 Å². The van der Waals surface area contributed by atoms with Crippen molar-refractivity contribution in [3.8, 4) is 0 Å². The van der Waals surface area contributed by atoms with Crippen molar-refractivity contribution in [3.05, 3.63) is 34.9 Å². The van der Waals surface area contributed by atoms with E-state index in [9.17, 15) is 8.42 Å². The molecule has 1 aromatic carbocycles. The molecule has 2 heterocycles. The van der Waals surface area contributed by atoms with Crippen LogP contribution < -0.4 is 5.32 Å². The van der Waals surface area contributed by atoms with E-state index in [2.05, 4.69) is 16.3 Å². The lowest BCUT2D eigenvalue weighted by Gasteiger charge is -2.40. The summed E-state index contributed by atoms with van der Waals surface area (Å²) in [4.78, 5) is 2.48. The molecule has 2 unspecified atom stereocenters. The van der Waals surface area contributed by atoms with Crippen LogP contribution in [0.4, 0.5) is 0 Å². The summed E-state index contributed by atoms with van der Waals surface area (Å²) < 4.78 is 25.3. The van der Waals surface area contributed by atoms with E-state index in [4.69, 9.17) is 11.6 Å². The van der Waals surface area contributed by atoms with Gasteiger partial charge in [-0.1, -0.05) is 23.7 Å². The Bertz CT molecular complexity index is 672. The summed E-state index contributed by atoms with van der Waals surface area (Å²) in [6.07, 6.45) is 3.36. The SMILES string of the molecule is CS(=O)(=O)N1CCCC(CN2CCNCC2c2cccc(Cl)c2)C1.Cl. The van der Waals surface area contributed by atoms with E-state index in [0.717, 1.165) is 44.0 Å². The first kappa shape index (κ1) is 20.9. The number of nitrogens with zero attached hydrogens (tertiary/aromatic N) is 2. The van der Waals surface area contributed by atoms with E-state index in [1.165, 1.54) is 11.8 Å². The van der Waals surface area contributed by atoms with Gasteiger partial charge in [0.15, 0.2) is 0 Å². The molecule has 0 saturated carbocycles. The summed E-state index contributed by atoms with van der Waals surface area (Å²) in [5, 5.41) is 4.22. The minimum atomic E-state index is -3.09. The molecule has 1 aromatic rings. The molecule has 2 aliphatic rings. The van der Waals surface area contributed by atoms with Crippen LogP contribution in [0.3, 0.4) is 0 Å². The normalized spacial score (nSPS) is 26.2. The van der Waals surface area contributed by atoms with Crippen LogP contribution in [0.15, 0.2) is 24.3 Å². The van der Waals surface area contributed by atoms with Crippen molar-refractivity contribution in [2.75, 3.05) is 45.5 Å². The van der Waals surface area contributed by atoms with E-state index >= 15 is 0 Å². The molecular weight excluding hydrogens is 381 g/mol. The third-order valence-corrected chi connectivity index (χ3v) is 6.54. The first-order chi connectivity index (χ1) is 11.4. The number of piperidine rings is 1. The van der Waals surface area contributed by atoms with Gasteiger partial charge in [-0.3, -0.25) is 4.90 Å². The van der Waals surface area contributed by atoms with Gasteiger partial charge in [0.2, 0.25) is 10.0 Å². The van der Waals surface area contributed by atoms with Gasteiger partial charge in [0.25, 0.3) is 0 Å². The summed E-state index contributed by atoms with van der Waals surface area (Å²) in [5.41, 5.74) is 1.23. The minimum Gasteiger partial charge on any atom is -0.314 e. The fourth-order valence-electron chi connectivity index (χ4n) is 3.82. The molecule has 142 valence electrons.